The number of hydrogen-bond donors (Lipinski definition) is 1. The summed E-state index contributed by atoms with van der Waals surface area (Å²) in [5.74, 6) is -1.01. The highest BCUT2D eigenvalue weighted by Crippen LogP contribution is 2.30. The first-order chi connectivity index (χ1) is 12.2. The maximum atomic E-state index is 14.3. The Kier molecular flexibility index (Phi) is 7.37. The van der Waals surface area contributed by atoms with Gasteiger partial charge in [0.1, 0.15) is 18.1 Å². The van der Waals surface area contributed by atoms with Crippen molar-refractivity contribution in [3.8, 4) is 11.5 Å². The molecule has 0 aliphatic heterocycles. The Morgan fingerprint density at radius 2 is 1.28 bits per heavy atom. The molecule has 0 spiro atoms. The van der Waals surface area contributed by atoms with Crippen LogP contribution in [0, 0.1) is 0 Å². The number of ether oxygens (including phenoxy) is 3. The van der Waals surface area contributed by atoms with E-state index in [2.05, 4.69) is 0 Å². The zero-order chi connectivity index (χ0) is 18.1. The van der Waals surface area contributed by atoms with Gasteiger partial charge in [0.15, 0.2) is 18.4 Å². The number of hydrogen-bond acceptors (Lipinski definition) is 4. The summed E-state index contributed by atoms with van der Waals surface area (Å²) in [6.45, 7) is 2.89. The van der Waals surface area contributed by atoms with E-state index in [0.29, 0.717) is 31.3 Å². The molecule has 0 saturated heterocycles. The Balaban J connectivity index is 2.06. The van der Waals surface area contributed by atoms with Crippen molar-refractivity contribution in [1.29, 1.82) is 0 Å². The second-order valence-electron chi connectivity index (χ2n) is 5.00. The number of aliphatic hydroxyl groups excluding tert-OH is 1. The van der Waals surface area contributed by atoms with Crippen molar-refractivity contribution < 1.29 is 28.1 Å². The minimum Gasteiger partial charge on any atom is -0.491 e. The molecule has 2 rings (SSSR count). The standard InChI is InChI=1S/C19H20F2O4/c1-2-23-11-12-24-16-7-3-14(4-8-16)18(20)19(21)15-5-9-17(10-6-15)25-13-22/h3-10,22H,2,11-13H2,1H3/b19-18+. The Bertz CT molecular complexity index is 682. The molecular formula is C19H20F2O4. The Labute approximate surface area is 145 Å². The van der Waals surface area contributed by atoms with Gasteiger partial charge in [-0.15, -0.1) is 0 Å². The minimum absolute atomic E-state index is 0.0832. The van der Waals surface area contributed by atoms with Crippen LogP contribution in [0.3, 0.4) is 0 Å². The van der Waals surface area contributed by atoms with Crippen LogP contribution in [0.1, 0.15) is 18.1 Å². The smallest absolute Gasteiger partial charge is 0.186 e. The first-order valence-corrected chi connectivity index (χ1v) is 7.86. The molecule has 0 fully saturated rings. The number of halogens is 2. The van der Waals surface area contributed by atoms with Crippen molar-refractivity contribution in [2.24, 2.45) is 0 Å². The van der Waals surface area contributed by atoms with Crippen LogP contribution in [0.2, 0.25) is 0 Å². The summed E-state index contributed by atoms with van der Waals surface area (Å²) in [5.41, 5.74) is 0.199. The van der Waals surface area contributed by atoms with Gasteiger partial charge in [-0.05, 0) is 55.5 Å². The summed E-state index contributed by atoms with van der Waals surface area (Å²) in [6, 6.07) is 11.7. The molecule has 0 aliphatic carbocycles. The van der Waals surface area contributed by atoms with Gasteiger partial charge in [0.05, 0.1) is 6.61 Å². The average Bonchev–Trinajstić information content (AvgIpc) is 2.65. The van der Waals surface area contributed by atoms with E-state index < -0.39 is 18.4 Å². The lowest BCUT2D eigenvalue weighted by molar-refractivity contribution is 0.0985. The summed E-state index contributed by atoms with van der Waals surface area (Å²) in [5, 5.41) is 8.66. The molecular weight excluding hydrogens is 330 g/mol. The number of benzene rings is 2. The van der Waals surface area contributed by atoms with Crippen molar-refractivity contribution in [2.45, 2.75) is 6.92 Å². The minimum atomic E-state index is -0.972. The summed E-state index contributed by atoms with van der Waals surface area (Å²) in [6.07, 6.45) is 0. The molecule has 4 nitrogen and oxygen atoms in total. The van der Waals surface area contributed by atoms with E-state index in [1.165, 1.54) is 36.4 Å². The first kappa shape index (κ1) is 18.9. The highest BCUT2D eigenvalue weighted by molar-refractivity contribution is 5.83. The largest absolute Gasteiger partial charge is 0.491 e. The predicted molar refractivity (Wildman–Crippen MR) is 91.6 cm³/mol. The molecule has 134 valence electrons. The number of rotatable bonds is 9. The molecule has 0 atom stereocenters. The third-order valence-corrected chi connectivity index (χ3v) is 3.34. The average molecular weight is 350 g/mol. The lowest BCUT2D eigenvalue weighted by Gasteiger charge is -2.07. The SMILES string of the molecule is CCOCCOc1ccc(/C(F)=C(\F)c2ccc(OCO)cc2)cc1. The van der Waals surface area contributed by atoms with E-state index >= 15 is 0 Å². The molecule has 0 aromatic heterocycles. The zero-order valence-corrected chi connectivity index (χ0v) is 13.9. The summed E-state index contributed by atoms with van der Waals surface area (Å²) in [4.78, 5) is 0. The van der Waals surface area contributed by atoms with E-state index in [-0.39, 0.29) is 11.1 Å². The van der Waals surface area contributed by atoms with E-state index in [9.17, 15) is 8.78 Å². The first-order valence-electron chi connectivity index (χ1n) is 7.86. The van der Waals surface area contributed by atoms with Gasteiger partial charge in [-0.25, -0.2) is 8.78 Å². The second kappa shape index (κ2) is 9.76. The van der Waals surface area contributed by atoms with Gasteiger partial charge in [0.2, 0.25) is 0 Å². The molecule has 0 saturated carbocycles. The van der Waals surface area contributed by atoms with Crippen LogP contribution in [-0.4, -0.2) is 31.7 Å². The van der Waals surface area contributed by atoms with Crippen LogP contribution < -0.4 is 9.47 Å². The molecule has 2 aromatic rings. The maximum Gasteiger partial charge on any atom is 0.186 e. The molecule has 0 bridgehead atoms. The van der Waals surface area contributed by atoms with Crippen LogP contribution >= 0.6 is 0 Å². The fraction of sp³-hybridized carbons (Fsp3) is 0.263. The van der Waals surface area contributed by atoms with E-state index in [4.69, 9.17) is 19.3 Å². The van der Waals surface area contributed by atoms with Crippen LogP contribution in [0.4, 0.5) is 8.78 Å². The molecule has 0 amide bonds. The fourth-order valence-electron chi connectivity index (χ4n) is 2.09. The summed E-state index contributed by atoms with van der Waals surface area (Å²) in [7, 11) is 0. The third-order valence-electron chi connectivity index (χ3n) is 3.34. The van der Waals surface area contributed by atoms with E-state index in [1.54, 1.807) is 12.1 Å². The Hall–Kier alpha value is -2.44. The van der Waals surface area contributed by atoms with Crippen molar-refractivity contribution >= 4 is 11.7 Å². The quantitative estimate of drug-likeness (QED) is 0.418. The van der Waals surface area contributed by atoms with Gasteiger partial charge >= 0.3 is 0 Å². The van der Waals surface area contributed by atoms with Crippen molar-refractivity contribution in [1.82, 2.24) is 0 Å². The van der Waals surface area contributed by atoms with E-state index in [0.717, 1.165) is 0 Å². The Morgan fingerprint density at radius 3 is 1.72 bits per heavy atom. The molecule has 2 aromatic carbocycles. The van der Waals surface area contributed by atoms with E-state index in [1.807, 2.05) is 6.92 Å². The van der Waals surface area contributed by atoms with Gasteiger partial charge in [0.25, 0.3) is 0 Å². The molecule has 0 radical (unpaired) electrons. The molecule has 1 N–H and O–H groups in total. The van der Waals surface area contributed by atoms with Crippen LogP contribution in [-0.2, 0) is 4.74 Å². The van der Waals surface area contributed by atoms with Gasteiger partial charge in [-0.3, -0.25) is 0 Å². The van der Waals surface area contributed by atoms with Gasteiger partial charge in [-0.2, -0.15) is 0 Å². The predicted octanol–water partition coefficient (Wildman–Crippen LogP) is 4.20. The van der Waals surface area contributed by atoms with Crippen molar-refractivity contribution in [3.05, 3.63) is 59.7 Å². The summed E-state index contributed by atoms with van der Waals surface area (Å²) < 4.78 is 44.0. The van der Waals surface area contributed by atoms with Gasteiger partial charge < -0.3 is 19.3 Å². The van der Waals surface area contributed by atoms with Gasteiger partial charge in [-0.1, -0.05) is 0 Å². The van der Waals surface area contributed by atoms with Gasteiger partial charge in [0, 0.05) is 17.7 Å². The lowest BCUT2D eigenvalue weighted by Crippen LogP contribution is -2.06. The molecule has 6 heteroatoms. The number of aliphatic hydroxyl groups is 1. The molecule has 0 unspecified atom stereocenters. The topological polar surface area (TPSA) is 47.9 Å². The summed E-state index contributed by atoms with van der Waals surface area (Å²) >= 11 is 0. The molecule has 0 aliphatic rings. The highest BCUT2D eigenvalue weighted by Gasteiger charge is 2.12. The van der Waals surface area contributed by atoms with Crippen molar-refractivity contribution in [3.63, 3.8) is 0 Å². The maximum absolute atomic E-state index is 14.3. The third kappa shape index (κ3) is 5.55. The molecule has 0 heterocycles. The lowest BCUT2D eigenvalue weighted by atomic mass is 10.1. The highest BCUT2D eigenvalue weighted by atomic mass is 19.2. The normalized spacial score (nSPS) is 11.8. The van der Waals surface area contributed by atoms with Crippen LogP contribution in [0.5, 0.6) is 11.5 Å². The monoisotopic (exact) mass is 350 g/mol. The Morgan fingerprint density at radius 1 is 0.800 bits per heavy atom. The zero-order valence-electron chi connectivity index (χ0n) is 13.9. The van der Waals surface area contributed by atoms with Crippen LogP contribution in [0.15, 0.2) is 48.5 Å². The van der Waals surface area contributed by atoms with Crippen molar-refractivity contribution in [2.75, 3.05) is 26.6 Å². The molecule has 25 heavy (non-hydrogen) atoms. The second-order valence-corrected chi connectivity index (χ2v) is 5.00. The van der Waals surface area contributed by atoms with Crippen LogP contribution in [0.25, 0.3) is 11.7 Å². The fourth-order valence-corrected chi connectivity index (χ4v) is 2.09.